The Kier molecular flexibility index (Phi) is 2.71. The Bertz CT molecular complexity index is 209. The fraction of sp³-hybridized carbons (Fsp3) is 0.250. The Morgan fingerprint density at radius 1 is 1.33 bits per heavy atom. The van der Waals surface area contributed by atoms with Gasteiger partial charge in [-0.15, -0.1) is 3.96 Å². The van der Waals surface area contributed by atoms with Gasteiger partial charge in [0.05, 0.1) is 0 Å². The fourth-order valence-corrected chi connectivity index (χ4v) is 3.26. The van der Waals surface area contributed by atoms with Crippen molar-refractivity contribution in [2.75, 3.05) is 0 Å². The van der Waals surface area contributed by atoms with E-state index < -0.39 is 0 Å². The van der Waals surface area contributed by atoms with Gasteiger partial charge in [0, 0.05) is 15.9 Å². The molecule has 0 unspecified atom stereocenters. The summed E-state index contributed by atoms with van der Waals surface area (Å²) in [5.41, 5.74) is 0. The molecule has 0 aliphatic heterocycles. The van der Waals surface area contributed by atoms with Crippen LogP contribution in [0.15, 0.2) is 12.9 Å². The molecule has 0 aliphatic rings. The second kappa shape index (κ2) is 2.98. The number of nitrogens with zero attached hydrogens (tertiary/aromatic N) is 1. The Morgan fingerprint density at radius 3 is 2.00 bits per heavy atom. The summed E-state index contributed by atoms with van der Waals surface area (Å²) < 4.78 is 5.28. The molecule has 0 bridgehead atoms. The highest BCUT2D eigenvalue weighted by Gasteiger charge is 2.16. The average Bonchev–Trinajstić information content (AvgIpc) is 1.98. The van der Waals surface area contributed by atoms with Crippen molar-refractivity contribution in [3.63, 3.8) is 0 Å². The van der Waals surface area contributed by atoms with E-state index in [0.29, 0.717) is 0 Å². The lowest BCUT2D eigenvalue weighted by molar-refractivity contribution is -0.612. The van der Waals surface area contributed by atoms with Gasteiger partial charge in [-0.1, -0.05) is 0 Å². The number of aromatic nitrogens is 1. The van der Waals surface area contributed by atoms with Crippen LogP contribution in [-0.4, -0.2) is 0 Å². The van der Waals surface area contributed by atoms with E-state index in [1.807, 2.05) is 11.0 Å². The average molecular weight is 337 g/mol. The highest BCUT2D eigenvalue weighted by atomic mass is 79.9. The zero-order valence-corrected chi connectivity index (χ0v) is 10.1. The summed E-state index contributed by atoms with van der Waals surface area (Å²) in [7, 11) is 1.99. The molecule has 0 radical (unpaired) electrons. The van der Waals surface area contributed by atoms with Gasteiger partial charge in [0.25, 0.3) is 4.60 Å². The predicted octanol–water partition coefficient (Wildman–Crippen LogP) is 2.86. The van der Waals surface area contributed by atoms with E-state index in [0.717, 1.165) is 12.9 Å². The molecule has 0 atom stereocenters. The van der Waals surface area contributed by atoms with Gasteiger partial charge in [-0.2, -0.15) is 0 Å². The molecule has 0 amide bonds. The number of rotatable bonds is 0. The van der Waals surface area contributed by atoms with Crippen LogP contribution >= 0.6 is 59.3 Å². The maximum atomic E-state index is 3.40. The third-order valence-electron chi connectivity index (χ3n) is 0.847. The summed E-state index contributed by atoms with van der Waals surface area (Å²) in [4.78, 5) is 0. The quantitative estimate of drug-likeness (QED) is 0.641. The molecule has 9 heavy (non-hydrogen) atoms. The van der Waals surface area contributed by atoms with Crippen molar-refractivity contribution in [1.82, 2.24) is 0 Å². The van der Waals surface area contributed by atoms with Gasteiger partial charge in [0.15, 0.2) is 22.4 Å². The highest BCUT2D eigenvalue weighted by molar-refractivity contribution is 9.14. The Hall–Kier alpha value is 1.07. The first-order valence-corrected chi connectivity index (χ1v) is 5.28. The van der Waals surface area contributed by atoms with Crippen LogP contribution in [-0.2, 0) is 7.05 Å². The minimum Gasteiger partial charge on any atom is -0.128 e. The molecule has 5 heteroatoms. The molecule has 0 aliphatic carbocycles. The lowest BCUT2D eigenvalue weighted by Crippen LogP contribution is -2.22. The van der Waals surface area contributed by atoms with Crippen LogP contribution in [0.5, 0.6) is 0 Å². The maximum absolute atomic E-state index is 3.40. The Labute approximate surface area is 82.6 Å². The van der Waals surface area contributed by atoms with Crippen molar-refractivity contribution in [1.29, 1.82) is 0 Å². The molecule has 0 aromatic carbocycles. The molecule has 0 N–H and O–H groups in total. The molecule has 1 heterocycles. The van der Waals surface area contributed by atoms with E-state index in [-0.39, 0.29) is 0 Å². The molecule has 0 fully saturated rings. The number of hydrogen-bond acceptors (Lipinski definition) is 1. The zero-order chi connectivity index (χ0) is 7.02. The normalized spacial score (nSPS) is 10.2. The van der Waals surface area contributed by atoms with Gasteiger partial charge in [-0.25, -0.2) is 0 Å². The lowest BCUT2D eigenvalue weighted by Gasteiger charge is -1.75. The summed E-state index contributed by atoms with van der Waals surface area (Å²) in [6, 6.07) is 0. The van der Waals surface area contributed by atoms with Crippen LogP contribution in [0.2, 0.25) is 0 Å². The topological polar surface area (TPSA) is 3.88 Å². The minimum atomic E-state index is 1.07. The highest BCUT2D eigenvalue weighted by Crippen LogP contribution is 2.31. The van der Waals surface area contributed by atoms with Crippen LogP contribution < -0.4 is 3.96 Å². The van der Waals surface area contributed by atoms with E-state index in [1.165, 1.54) is 0 Å². The number of halogens is 3. The first-order chi connectivity index (χ1) is 4.13. The van der Waals surface area contributed by atoms with Gasteiger partial charge < -0.3 is 0 Å². The maximum Gasteiger partial charge on any atom is 0.277 e. The Balaban J connectivity index is 3.29. The van der Waals surface area contributed by atoms with Crippen molar-refractivity contribution < 1.29 is 3.96 Å². The van der Waals surface area contributed by atoms with Crippen LogP contribution in [0.3, 0.4) is 0 Å². The second-order valence-electron chi connectivity index (χ2n) is 1.47. The van der Waals surface area contributed by atoms with Gasteiger partial charge in [0.2, 0.25) is 0 Å². The zero-order valence-electron chi connectivity index (χ0n) is 4.49. The van der Waals surface area contributed by atoms with Crippen molar-refractivity contribution in [3.8, 4) is 0 Å². The SMILES string of the molecule is C[n+]1sc(Br)c(Br)c1Br. The molecule has 1 rings (SSSR count). The van der Waals surface area contributed by atoms with Crippen LogP contribution in [0.25, 0.3) is 0 Å². The smallest absolute Gasteiger partial charge is 0.128 e. The summed E-state index contributed by atoms with van der Waals surface area (Å²) >= 11 is 11.8. The van der Waals surface area contributed by atoms with Crippen molar-refractivity contribution in [2.45, 2.75) is 0 Å². The van der Waals surface area contributed by atoms with Crippen LogP contribution in [0.1, 0.15) is 0 Å². The minimum absolute atomic E-state index is 1.07. The fourth-order valence-electron chi connectivity index (χ4n) is 0.420. The summed E-state index contributed by atoms with van der Waals surface area (Å²) in [6.07, 6.45) is 0. The molecule has 50 valence electrons. The standard InChI is InChI=1S/C4H3Br3NS/c1-8-3(6)2(5)4(7)9-8/h1H3/q+1. The second-order valence-corrected chi connectivity index (χ2v) is 5.47. The van der Waals surface area contributed by atoms with E-state index in [9.17, 15) is 0 Å². The summed E-state index contributed by atoms with van der Waals surface area (Å²) in [5, 5.41) is 0. The summed E-state index contributed by atoms with van der Waals surface area (Å²) in [5.74, 6) is 0. The van der Waals surface area contributed by atoms with E-state index >= 15 is 0 Å². The molecule has 1 nitrogen and oxygen atoms in total. The molecule has 0 spiro atoms. The summed E-state index contributed by atoms with van der Waals surface area (Å²) in [6.45, 7) is 0. The molecule has 1 aromatic heterocycles. The molecular formula is C4H3Br3NS+. The molecule has 1 aromatic rings. The van der Waals surface area contributed by atoms with Crippen molar-refractivity contribution in [3.05, 3.63) is 12.9 Å². The van der Waals surface area contributed by atoms with E-state index in [4.69, 9.17) is 0 Å². The Morgan fingerprint density at radius 2 is 1.89 bits per heavy atom. The van der Waals surface area contributed by atoms with E-state index in [1.54, 1.807) is 11.5 Å². The van der Waals surface area contributed by atoms with Gasteiger partial charge in [-0.05, 0) is 31.9 Å². The van der Waals surface area contributed by atoms with Crippen molar-refractivity contribution >= 4 is 59.3 Å². The third kappa shape index (κ3) is 1.56. The molecular weight excluding hydrogens is 334 g/mol. The van der Waals surface area contributed by atoms with Crippen LogP contribution in [0, 0.1) is 0 Å². The first-order valence-electron chi connectivity index (χ1n) is 2.12. The molecule has 0 saturated heterocycles. The number of hydrogen-bond donors (Lipinski definition) is 0. The number of aryl methyl sites for hydroxylation is 1. The van der Waals surface area contributed by atoms with E-state index in [2.05, 4.69) is 47.8 Å². The van der Waals surface area contributed by atoms with Gasteiger partial charge in [-0.3, -0.25) is 0 Å². The largest absolute Gasteiger partial charge is 0.277 e. The monoisotopic (exact) mass is 334 g/mol. The van der Waals surface area contributed by atoms with Crippen molar-refractivity contribution in [2.24, 2.45) is 7.05 Å². The molecule has 0 saturated carbocycles. The van der Waals surface area contributed by atoms with Gasteiger partial charge in [0.1, 0.15) is 4.47 Å². The lowest BCUT2D eigenvalue weighted by atomic mass is 10.8. The van der Waals surface area contributed by atoms with Crippen LogP contribution in [0.4, 0.5) is 0 Å². The third-order valence-corrected chi connectivity index (χ3v) is 5.76. The van der Waals surface area contributed by atoms with Gasteiger partial charge >= 0.3 is 0 Å². The predicted molar refractivity (Wildman–Crippen MR) is 48.6 cm³/mol. The first kappa shape index (κ1) is 8.17.